The van der Waals surface area contributed by atoms with Crippen LogP contribution in [0.1, 0.15) is 17.5 Å². The van der Waals surface area contributed by atoms with Gasteiger partial charge in [0.2, 0.25) is 0 Å². The predicted molar refractivity (Wildman–Crippen MR) is 89.6 cm³/mol. The number of aryl methyl sites for hydroxylation is 1. The van der Waals surface area contributed by atoms with E-state index in [1.54, 1.807) is 30.3 Å². The van der Waals surface area contributed by atoms with Crippen LogP contribution in [0.3, 0.4) is 0 Å². The highest BCUT2D eigenvalue weighted by Crippen LogP contribution is 2.22. The molecule has 1 aliphatic heterocycles. The summed E-state index contributed by atoms with van der Waals surface area (Å²) in [6, 6.07) is 13.7. The van der Waals surface area contributed by atoms with Crippen LogP contribution in [-0.4, -0.2) is 26.8 Å². The Bertz CT molecular complexity index is 902. The van der Waals surface area contributed by atoms with E-state index in [9.17, 15) is 13.2 Å². The van der Waals surface area contributed by atoms with Gasteiger partial charge in [-0.1, -0.05) is 29.8 Å². The predicted octanol–water partition coefficient (Wildman–Crippen LogP) is 2.03. The summed E-state index contributed by atoms with van der Waals surface area (Å²) in [6.07, 6.45) is 0.0568. The summed E-state index contributed by atoms with van der Waals surface area (Å²) in [4.78, 5) is 16.2. The fourth-order valence-corrected chi connectivity index (χ4v) is 3.55. The molecule has 6 nitrogen and oxygen atoms in total. The van der Waals surface area contributed by atoms with E-state index in [-0.39, 0.29) is 23.7 Å². The summed E-state index contributed by atoms with van der Waals surface area (Å²) in [6.45, 7) is 2.08. The van der Waals surface area contributed by atoms with Gasteiger partial charge in [-0.15, -0.1) is 0 Å². The molecule has 0 saturated heterocycles. The molecule has 24 heavy (non-hydrogen) atoms. The number of carbonyl (C=O) groups excluding carboxylic acids is 1. The van der Waals surface area contributed by atoms with Gasteiger partial charge in [0.25, 0.3) is 10.0 Å². The zero-order valence-electron chi connectivity index (χ0n) is 13.0. The number of fused-ring (bicyclic) bond motifs is 1. The van der Waals surface area contributed by atoms with Gasteiger partial charge >= 0.3 is 5.97 Å². The first-order chi connectivity index (χ1) is 11.5. The monoisotopic (exact) mass is 344 g/mol. The van der Waals surface area contributed by atoms with Crippen molar-refractivity contribution in [1.82, 2.24) is 4.72 Å². The molecule has 0 amide bonds. The second-order valence-corrected chi connectivity index (χ2v) is 7.02. The van der Waals surface area contributed by atoms with Crippen LogP contribution in [0, 0.1) is 6.92 Å². The summed E-state index contributed by atoms with van der Waals surface area (Å²) in [7, 11) is -3.56. The van der Waals surface area contributed by atoms with Crippen molar-refractivity contribution in [3.05, 3.63) is 59.7 Å². The normalized spacial score (nSPS) is 16.5. The van der Waals surface area contributed by atoms with Gasteiger partial charge in [-0.3, -0.25) is 14.5 Å². The van der Waals surface area contributed by atoms with Crippen LogP contribution in [0.5, 0.6) is 5.75 Å². The summed E-state index contributed by atoms with van der Waals surface area (Å²) in [5.41, 5.74) is 1.60. The summed E-state index contributed by atoms with van der Waals surface area (Å²) in [5, 5.41) is 0. The van der Waals surface area contributed by atoms with Gasteiger partial charge in [-0.05, 0) is 31.2 Å². The number of carbonyl (C=O) groups is 1. The molecular formula is C17H16N2O4S. The molecule has 0 saturated carbocycles. The Labute approximate surface area is 140 Å². The minimum Gasteiger partial charge on any atom is -0.426 e. The molecule has 0 atom stereocenters. The number of sulfonamides is 1. The van der Waals surface area contributed by atoms with Crippen molar-refractivity contribution in [2.45, 2.75) is 18.2 Å². The number of amidine groups is 1. The molecule has 0 fully saturated rings. The van der Waals surface area contributed by atoms with Crippen molar-refractivity contribution in [3.8, 4) is 5.75 Å². The molecule has 1 N–H and O–H groups in total. The molecule has 2 aromatic carbocycles. The molecule has 0 spiro atoms. The summed E-state index contributed by atoms with van der Waals surface area (Å²) < 4.78 is 31.5. The number of hydrogen-bond acceptors (Lipinski definition) is 5. The lowest BCUT2D eigenvalue weighted by Crippen LogP contribution is -2.22. The Hall–Kier alpha value is -2.67. The standard InChI is InChI=1S/C17H16N2O4S/c1-12-6-8-13(9-7-12)23-16(20)10-11-18-17-14-4-2-3-5-15(14)24(21,22)19-17/h2-9H,10-11H2,1H3,(H,18,19). The maximum Gasteiger partial charge on any atom is 0.313 e. The molecule has 0 aromatic heterocycles. The van der Waals surface area contributed by atoms with E-state index in [1.807, 2.05) is 19.1 Å². The Morgan fingerprint density at radius 2 is 1.83 bits per heavy atom. The first-order valence-corrected chi connectivity index (χ1v) is 8.88. The van der Waals surface area contributed by atoms with Crippen molar-refractivity contribution < 1.29 is 17.9 Å². The molecule has 7 heteroatoms. The second-order valence-electron chi connectivity index (χ2n) is 5.37. The average Bonchev–Trinajstić information content (AvgIpc) is 2.81. The number of aliphatic imine (C=N–C) groups is 1. The van der Waals surface area contributed by atoms with Crippen LogP contribution in [-0.2, 0) is 14.8 Å². The maximum atomic E-state index is 11.9. The fourth-order valence-electron chi connectivity index (χ4n) is 2.30. The SMILES string of the molecule is Cc1ccc(OC(=O)CCN=C2NS(=O)(=O)c3ccccc32)cc1. The minimum atomic E-state index is -3.56. The minimum absolute atomic E-state index is 0.0568. The molecule has 0 bridgehead atoms. The second kappa shape index (κ2) is 6.45. The van der Waals surface area contributed by atoms with Crippen LogP contribution < -0.4 is 9.46 Å². The van der Waals surface area contributed by atoms with Gasteiger partial charge in [-0.25, -0.2) is 8.42 Å². The third-order valence-corrected chi connectivity index (χ3v) is 4.90. The molecule has 1 aliphatic rings. The van der Waals surface area contributed by atoms with Crippen molar-refractivity contribution in [2.24, 2.45) is 4.99 Å². The molecular weight excluding hydrogens is 328 g/mol. The Kier molecular flexibility index (Phi) is 4.35. The van der Waals surface area contributed by atoms with E-state index in [0.717, 1.165) is 5.56 Å². The van der Waals surface area contributed by atoms with Gasteiger partial charge in [0.15, 0.2) is 0 Å². The zero-order chi connectivity index (χ0) is 17.2. The van der Waals surface area contributed by atoms with Crippen LogP contribution in [0.4, 0.5) is 0 Å². The van der Waals surface area contributed by atoms with Gasteiger partial charge < -0.3 is 4.74 Å². The van der Waals surface area contributed by atoms with Crippen LogP contribution in [0.15, 0.2) is 58.4 Å². The van der Waals surface area contributed by atoms with E-state index >= 15 is 0 Å². The third kappa shape index (κ3) is 3.46. The van der Waals surface area contributed by atoms with Gasteiger partial charge in [0.05, 0.1) is 17.9 Å². The molecule has 124 valence electrons. The van der Waals surface area contributed by atoms with E-state index < -0.39 is 16.0 Å². The quantitative estimate of drug-likeness (QED) is 0.679. The van der Waals surface area contributed by atoms with Crippen molar-refractivity contribution in [2.75, 3.05) is 6.54 Å². The van der Waals surface area contributed by atoms with Crippen LogP contribution in [0.25, 0.3) is 0 Å². The van der Waals surface area contributed by atoms with Gasteiger partial charge in [0, 0.05) is 5.56 Å². The molecule has 1 heterocycles. The Morgan fingerprint density at radius 1 is 1.12 bits per heavy atom. The highest BCUT2D eigenvalue weighted by atomic mass is 32.2. The molecule has 0 radical (unpaired) electrons. The molecule has 0 aliphatic carbocycles. The van der Waals surface area contributed by atoms with E-state index in [4.69, 9.17) is 4.74 Å². The number of esters is 1. The summed E-state index contributed by atoms with van der Waals surface area (Å²) in [5.74, 6) is 0.316. The molecule has 2 aromatic rings. The lowest BCUT2D eigenvalue weighted by molar-refractivity contribution is -0.134. The number of ether oxygens (including phenoxy) is 1. The highest BCUT2D eigenvalue weighted by molar-refractivity contribution is 7.90. The third-order valence-electron chi connectivity index (χ3n) is 3.50. The largest absolute Gasteiger partial charge is 0.426 e. The van der Waals surface area contributed by atoms with Crippen LogP contribution in [0.2, 0.25) is 0 Å². The number of nitrogens with zero attached hydrogens (tertiary/aromatic N) is 1. The number of rotatable bonds is 4. The van der Waals surface area contributed by atoms with E-state index in [0.29, 0.717) is 11.3 Å². The first kappa shape index (κ1) is 16.2. The van der Waals surface area contributed by atoms with Crippen molar-refractivity contribution in [3.63, 3.8) is 0 Å². The lowest BCUT2D eigenvalue weighted by atomic mass is 10.2. The maximum absolute atomic E-state index is 11.9. The number of benzene rings is 2. The molecule has 0 unspecified atom stereocenters. The molecule has 3 rings (SSSR count). The topological polar surface area (TPSA) is 84.8 Å². The van der Waals surface area contributed by atoms with Gasteiger partial charge in [0.1, 0.15) is 11.6 Å². The number of nitrogens with one attached hydrogen (secondary N) is 1. The summed E-state index contributed by atoms with van der Waals surface area (Å²) >= 11 is 0. The average molecular weight is 344 g/mol. The van der Waals surface area contributed by atoms with E-state index in [2.05, 4.69) is 9.71 Å². The fraction of sp³-hybridized carbons (Fsp3) is 0.176. The highest BCUT2D eigenvalue weighted by Gasteiger charge is 2.29. The number of hydrogen-bond donors (Lipinski definition) is 1. The smallest absolute Gasteiger partial charge is 0.313 e. The van der Waals surface area contributed by atoms with Crippen molar-refractivity contribution in [1.29, 1.82) is 0 Å². The zero-order valence-corrected chi connectivity index (χ0v) is 13.8. The van der Waals surface area contributed by atoms with Crippen LogP contribution >= 0.6 is 0 Å². The van der Waals surface area contributed by atoms with Gasteiger partial charge in [-0.2, -0.15) is 0 Å². The van der Waals surface area contributed by atoms with E-state index in [1.165, 1.54) is 6.07 Å². The Balaban J connectivity index is 1.63. The van der Waals surface area contributed by atoms with Crippen molar-refractivity contribution >= 4 is 21.8 Å². The Morgan fingerprint density at radius 3 is 2.58 bits per heavy atom. The first-order valence-electron chi connectivity index (χ1n) is 7.40. The lowest BCUT2D eigenvalue weighted by Gasteiger charge is -2.04.